The fourth-order valence-corrected chi connectivity index (χ4v) is 2.06. The summed E-state index contributed by atoms with van der Waals surface area (Å²) in [4.78, 5) is 0. The van der Waals surface area contributed by atoms with Crippen LogP contribution < -0.4 is 0 Å². The third-order valence-electron chi connectivity index (χ3n) is 2.69. The lowest BCUT2D eigenvalue weighted by atomic mass is 9.93. The van der Waals surface area contributed by atoms with Crippen LogP contribution >= 0.6 is 0 Å². The van der Waals surface area contributed by atoms with Crippen LogP contribution in [0.15, 0.2) is 12.1 Å². The van der Waals surface area contributed by atoms with Gasteiger partial charge in [0.25, 0.3) is 0 Å². The lowest BCUT2D eigenvalue weighted by molar-refractivity contribution is 0.975. The fraction of sp³-hybridized carbons (Fsp3) is 0.538. The lowest BCUT2D eigenvalue weighted by Gasteiger charge is -2.12. The highest BCUT2D eigenvalue weighted by molar-refractivity contribution is 5.39. The van der Waals surface area contributed by atoms with Crippen molar-refractivity contribution in [1.82, 2.24) is 0 Å². The molecule has 0 spiro atoms. The van der Waals surface area contributed by atoms with Crippen molar-refractivity contribution in [3.63, 3.8) is 0 Å². The van der Waals surface area contributed by atoms with Crippen LogP contribution in [0.2, 0.25) is 0 Å². The molecular weight excluding hydrogens is 156 g/mol. The smallest absolute Gasteiger partial charge is 0.0302 e. The van der Waals surface area contributed by atoms with Crippen molar-refractivity contribution in [2.45, 2.75) is 47.0 Å². The molecule has 0 aromatic heterocycles. The average molecular weight is 176 g/mol. The van der Waals surface area contributed by atoms with Crippen LogP contribution in [0.4, 0.5) is 0 Å². The summed E-state index contributed by atoms with van der Waals surface area (Å²) in [5, 5.41) is 0. The predicted octanol–water partition coefficient (Wildman–Crippen LogP) is 3.68. The molecule has 0 bridgehead atoms. The molecule has 13 heavy (non-hydrogen) atoms. The zero-order valence-corrected chi connectivity index (χ0v) is 9.28. The van der Waals surface area contributed by atoms with E-state index < -0.39 is 0 Å². The quantitative estimate of drug-likeness (QED) is 0.659. The predicted molar refractivity (Wildman–Crippen MR) is 59.3 cm³/mol. The standard InChI is InChI=1S/C13H20/c1-5-11-8-10(4)9-12(6-2)13(11)7-3/h8-9H,5-7H2,1-4H3. The summed E-state index contributed by atoms with van der Waals surface area (Å²) in [6.45, 7) is 8.93. The van der Waals surface area contributed by atoms with Crippen LogP contribution in [-0.2, 0) is 19.3 Å². The molecule has 0 saturated heterocycles. The van der Waals surface area contributed by atoms with Crippen LogP contribution in [0.1, 0.15) is 43.0 Å². The van der Waals surface area contributed by atoms with Crippen molar-refractivity contribution in [2.75, 3.05) is 0 Å². The van der Waals surface area contributed by atoms with Gasteiger partial charge in [-0.1, -0.05) is 38.5 Å². The SMILES string of the molecule is CCc1cc(C)cc(CC)c1CC. The first-order chi connectivity index (χ1) is 6.22. The van der Waals surface area contributed by atoms with Gasteiger partial charge in [-0.2, -0.15) is 0 Å². The van der Waals surface area contributed by atoms with E-state index in [0.29, 0.717) is 0 Å². The molecule has 1 aromatic carbocycles. The van der Waals surface area contributed by atoms with Crippen molar-refractivity contribution in [3.8, 4) is 0 Å². The Kier molecular flexibility index (Phi) is 3.53. The lowest BCUT2D eigenvalue weighted by Crippen LogP contribution is -1.98. The van der Waals surface area contributed by atoms with Crippen molar-refractivity contribution in [3.05, 3.63) is 34.4 Å². The second kappa shape index (κ2) is 4.45. The molecule has 0 amide bonds. The van der Waals surface area contributed by atoms with Gasteiger partial charge in [-0.25, -0.2) is 0 Å². The van der Waals surface area contributed by atoms with E-state index in [0.717, 1.165) is 12.8 Å². The maximum atomic E-state index is 2.33. The highest BCUT2D eigenvalue weighted by Crippen LogP contribution is 2.19. The van der Waals surface area contributed by atoms with Crippen LogP contribution in [0.5, 0.6) is 0 Å². The summed E-state index contributed by atoms with van der Waals surface area (Å²) in [7, 11) is 0. The number of benzene rings is 1. The van der Waals surface area contributed by atoms with E-state index in [9.17, 15) is 0 Å². The molecule has 0 N–H and O–H groups in total. The van der Waals surface area contributed by atoms with Gasteiger partial charge in [0.15, 0.2) is 0 Å². The molecule has 0 atom stereocenters. The van der Waals surface area contributed by atoms with Gasteiger partial charge in [-0.05, 0) is 42.9 Å². The third kappa shape index (κ3) is 2.12. The van der Waals surface area contributed by atoms with Gasteiger partial charge < -0.3 is 0 Å². The first kappa shape index (κ1) is 10.3. The van der Waals surface area contributed by atoms with Crippen LogP contribution in [0, 0.1) is 6.92 Å². The second-order valence-electron chi connectivity index (χ2n) is 3.62. The minimum atomic E-state index is 1.16. The van der Waals surface area contributed by atoms with Crippen molar-refractivity contribution in [2.24, 2.45) is 0 Å². The normalized spacial score (nSPS) is 10.5. The second-order valence-corrected chi connectivity index (χ2v) is 3.62. The molecule has 0 radical (unpaired) electrons. The third-order valence-corrected chi connectivity index (χ3v) is 2.69. The molecule has 1 aromatic rings. The molecule has 0 nitrogen and oxygen atoms in total. The zero-order chi connectivity index (χ0) is 9.84. The number of hydrogen-bond acceptors (Lipinski definition) is 0. The van der Waals surface area contributed by atoms with Crippen molar-refractivity contribution < 1.29 is 0 Å². The Labute approximate surface area is 82.0 Å². The van der Waals surface area contributed by atoms with Gasteiger partial charge in [0.1, 0.15) is 0 Å². The summed E-state index contributed by atoms with van der Waals surface area (Å²) in [6.07, 6.45) is 3.50. The minimum absolute atomic E-state index is 1.16. The summed E-state index contributed by atoms with van der Waals surface area (Å²) in [5.41, 5.74) is 6.07. The zero-order valence-electron chi connectivity index (χ0n) is 9.28. The summed E-state index contributed by atoms with van der Waals surface area (Å²) >= 11 is 0. The van der Waals surface area contributed by atoms with Crippen LogP contribution in [0.25, 0.3) is 0 Å². The molecule has 0 heteroatoms. The first-order valence-corrected chi connectivity index (χ1v) is 5.34. The van der Waals surface area contributed by atoms with Gasteiger partial charge in [0, 0.05) is 0 Å². The van der Waals surface area contributed by atoms with E-state index in [1.165, 1.54) is 12.0 Å². The van der Waals surface area contributed by atoms with Gasteiger partial charge in [-0.3, -0.25) is 0 Å². The summed E-state index contributed by atoms with van der Waals surface area (Å²) in [6, 6.07) is 4.66. The number of aryl methyl sites for hydroxylation is 3. The Bertz CT molecular complexity index is 259. The molecule has 1 rings (SSSR count). The molecule has 0 aliphatic carbocycles. The molecule has 0 unspecified atom stereocenters. The monoisotopic (exact) mass is 176 g/mol. The molecule has 0 fully saturated rings. The van der Waals surface area contributed by atoms with E-state index >= 15 is 0 Å². The number of hydrogen-bond donors (Lipinski definition) is 0. The Hall–Kier alpha value is -0.780. The molecule has 0 aliphatic heterocycles. The highest BCUT2D eigenvalue weighted by atomic mass is 14.1. The molecule has 72 valence electrons. The van der Waals surface area contributed by atoms with Gasteiger partial charge >= 0.3 is 0 Å². The average Bonchev–Trinajstić information content (AvgIpc) is 2.16. The minimum Gasteiger partial charge on any atom is -0.0613 e. The van der Waals surface area contributed by atoms with Crippen LogP contribution in [0.3, 0.4) is 0 Å². The van der Waals surface area contributed by atoms with Gasteiger partial charge in [-0.15, -0.1) is 0 Å². The van der Waals surface area contributed by atoms with E-state index in [-0.39, 0.29) is 0 Å². The van der Waals surface area contributed by atoms with E-state index in [4.69, 9.17) is 0 Å². The maximum Gasteiger partial charge on any atom is -0.0302 e. The summed E-state index contributed by atoms with van der Waals surface area (Å²) < 4.78 is 0. The first-order valence-electron chi connectivity index (χ1n) is 5.34. The van der Waals surface area contributed by atoms with Gasteiger partial charge in [0.05, 0.1) is 0 Å². The topological polar surface area (TPSA) is 0 Å². The number of rotatable bonds is 3. The van der Waals surface area contributed by atoms with Crippen molar-refractivity contribution >= 4 is 0 Å². The highest BCUT2D eigenvalue weighted by Gasteiger charge is 2.04. The molecule has 0 saturated carbocycles. The Morgan fingerprint density at radius 2 is 1.31 bits per heavy atom. The summed E-state index contributed by atoms with van der Waals surface area (Å²) in [5.74, 6) is 0. The molecular formula is C13H20. The Balaban J connectivity index is 3.25. The molecule has 0 aliphatic rings. The Morgan fingerprint density at radius 1 is 0.846 bits per heavy atom. The Morgan fingerprint density at radius 3 is 1.62 bits per heavy atom. The fourth-order valence-electron chi connectivity index (χ4n) is 2.06. The van der Waals surface area contributed by atoms with E-state index in [1.807, 2.05) is 0 Å². The van der Waals surface area contributed by atoms with E-state index in [2.05, 4.69) is 39.8 Å². The van der Waals surface area contributed by atoms with Crippen molar-refractivity contribution in [1.29, 1.82) is 0 Å². The van der Waals surface area contributed by atoms with Gasteiger partial charge in [0.2, 0.25) is 0 Å². The maximum absolute atomic E-state index is 2.33. The van der Waals surface area contributed by atoms with Crippen LogP contribution in [-0.4, -0.2) is 0 Å². The van der Waals surface area contributed by atoms with E-state index in [1.54, 1.807) is 16.7 Å². The molecule has 0 heterocycles. The largest absolute Gasteiger partial charge is 0.0613 e.